The Morgan fingerprint density at radius 2 is 2.15 bits per heavy atom. The van der Waals surface area contributed by atoms with Crippen molar-refractivity contribution in [2.45, 2.75) is 40.3 Å². The first-order valence-corrected chi connectivity index (χ1v) is 10.5. The Bertz CT molecular complexity index is 1030. The standard InChI is InChI=1S/C19H23BrN4O2S/c1-5-26-9-8-23-16-7-6-14(20)11-17(16)27-19(23)21-18(25)15-10-13(4)24(22-15)12(2)3/h6-7,10-12H,5,8-9H2,1-4H3. The number of aromatic nitrogens is 3. The number of nitrogens with zero attached hydrogens (tertiary/aromatic N) is 4. The molecule has 0 unspecified atom stereocenters. The maximum Gasteiger partial charge on any atom is 0.300 e. The number of amides is 1. The highest BCUT2D eigenvalue weighted by atomic mass is 79.9. The number of carbonyl (C=O) groups is 1. The lowest BCUT2D eigenvalue weighted by Gasteiger charge is -2.06. The highest BCUT2D eigenvalue weighted by Gasteiger charge is 2.15. The van der Waals surface area contributed by atoms with E-state index in [2.05, 4.69) is 26.0 Å². The van der Waals surface area contributed by atoms with Crippen LogP contribution in [0.4, 0.5) is 0 Å². The van der Waals surface area contributed by atoms with E-state index in [1.807, 2.05) is 55.1 Å². The fourth-order valence-electron chi connectivity index (χ4n) is 2.91. The van der Waals surface area contributed by atoms with Gasteiger partial charge in [0.15, 0.2) is 10.5 Å². The maximum atomic E-state index is 12.7. The molecule has 2 aromatic heterocycles. The molecule has 0 aliphatic carbocycles. The lowest BCUT2D eigenvalue weighted by atomic mass is 10.3. The lowest BCUT2D eigenvalue weighted by Crippen LogP contribution is -2.20. The molecule has 8 heteroatoms. The average Bonchev–Trinajstić information content (AvgIpc) is 3.16. The first-order chi connectivity index (χ1) is 12.9. The van der Waals surface area contributed by atoms with E-state index >= 15 is 0 Å². The number of carbonyl (C=O) groups excluding carboxylic acids is 1. The number of aryl methyl sites for hydroxylation is 1. The van der Waals surface area contributed by atoms with Crippen molar-refractivity contribution in [3.63, 3.8) is 0 Å². The van der Waals surface area contributed by atoms with Crippen molar-refractivity contribution in [2.75, 3.05) is 13.2 Å². The van der Waals surface area contributed by atoms with E-state index in [0.29, 0.717) is 30.3 Å². The van der Waals surface area contributed by atoms with Gasteiger partial charge >= 0.3 is 0 Å². The van der Waals surface area contributed by atoms with Crippen LogP contribution in [0.1, 0.15) is 43.0 Å². The summed E-state index contributed by atoms with van der Waals surface area (Å²) in [5.41, 5.74) is 2.36. The third-order valence-corrected chi connectivity index (χ3v) is 5.67. The van der Waals surface area contributed by atoms with Crippen molar-refractivity contribution in [2.24, 2.45) is 4.99 Å². The fourth-order valence-corrected chi connectivity index (χ4v) is 4.51. The molecule has 0 radical (unpaired) electrons. The molecule has 1 aromatic carbocycles. The highest BCUT2D eigenvalue weighted by molar-refractivity contribution is 9.10. The Kier molecular flexibility index (Phi) is 6.29. The highest BCUT2D eigenvalue weighted by Crippen LogP contribution is 2.22. The van der Waals surface area contributed by atoms with Crippen LogP contribution in [-0.2, 0) is 11.3 Å². The molecular formula is C19H23BrN4O2S. The number of hydrogen-bond acceptors (Lipinski definition) is 4. The molecule has 0 spiro atoms. The van der Waals surface area contributed by atoms with E-state index in [0.717, 1.165) is 20.4 Å². The van der Waals surface area contributed by atoms with Gasteiger partial charge in [0, 0.05) is 29.4 Å². The van der Waals surface area contributed by atoms with Gasteiger partial charge in [-0.2, -0.15) is 10.1 Å². The number of benzene rings is 1. The van der Waals surface area contributed by atoms with Gasteiger partial charge in [-0.3, -0.25) is 9.48 Å². The molecular weight excluding hydrogens is 428 g/mol. The summed E-state index contributed by atoms with van der Waals surface area (Å²) >= 11 is 5.00. The summed E-state index contributed by atoms with van der Waals surface area (Å²) in [4.78, 5) is 17.8. The van der Waals surface area contributed by atoms with Crippen LogP contribution >= 0.6 is 27.3 Å². The van der Waals surface area contributed by atoms with Crippen LogP contribution in [0.15, 0.2) is 33.7 Å². The van der Waals surface area contributed by atoms with Gasteiger partial charge in [-0.1, -0.05) is 27.3 Å². The molecule has 0 bridgehead atoms. The zero-order valence-corrected chi connectivity index (χ0v) is 18.3. The third kappa shape index (κ3) is 4.39. The molecule has 1 amide bonds. The van der Waals surface area contributed by atoms with Crippen LogP contribution in [0, 0.1) is 6.92 Å². The van der Waals surface area contributed by atoms with Crippen LogP contribution in [0.5, 0.6) is 0 Å². The van der Waals surface area contributed by atoms with Crippen LogP contribution in [0.2, 0.25) is 0 Å². The Labute approximate surface area is 170 Å². The van der Waals surface area contributed by atoms with Gasteiger partial charge in [-0.25, -0.2) is 0 Å². The van der Waals surface area contributed by atoms with E-state index in [1.165, 1.54) is 11.3 Å². The Morgan fingerprint density at radius 1 is 1.37 bits per heavy atom. The summed E-state index contributed by atoms with van der Waals surface area (Å²) in [6.45, 7) is 9.86. The van der Waals surface area contributed by atoms with Crippen molar-refractivity contribution in [3.8, 4) is 0 Å². The van der Waals surface area contributed by atoms with Crippen LogP contribution in [0.25, 0.3) is 10.2 Å². The minimum Gasteiger partial charge on any atom is -0.380 e. The minimum absolute atomic E-state index is 0.198. The zero-order chi connectivity index (χ0) is 19.6. The third-order valence-electron chi connectivity index (χ3n) is 4.14. The van der Waals surface area contributed by atoms with E-state index in [4.69, 9.17) is 4.74 Å². The molecule has 0 atom stereocenters. The first-order valence-electron chi connectivity index (χ1n) is 8.92. The Morgan fingerprint density at radius 3 is 2.81 bits per heavy atom. The summed E-state index contributed by atoms with van der Waals surface area (Å²) in [7, 11) is 0. The molecule has 2 heterocycles. The second kappa shape index (κ2) is 8.50. The summed E-state index contributed by atoms with van der Waals surface area (Å²) in [5, 5.41) is 4.42. The summed E-state index contributed by atoms with van der Waals surface area (Å²) in [5.74, 6) is -0.326. The second-order valence-electron chi connectivity index (χ2n) is 6.47. The van der Waals surface area contributed by atoms with Gasteiger partial charge in [0.1, 0.15) is 0 Å². The fraction of sp³-hybridized carbons (Fsp3) is 0.421. The smallest absolute Gasteiger partial charge is 0.300 e. The summed E-state index contributed by atoms with van der Waals surface area (Å²) < 4.78 is 11.4. The van der Waals surface area contributed by atoms with Crippen molar-refractivity contribution >= 4 is 43.4 Å². The molecule has 6 nitrogen and oxygen atoms in total. The molecule has 0 N–H and O–H groups in total. The number of fused-ring (bicyclic) bond motifs is 1. The number of hydrogen-bond donors (Lipinski definition) is 0. The molecule has 3 aromatic rings. The first kappa shape index (κ1) is 20.0. The normalized spacial score (nSPS) is 12.4. The van der Waals surface area contributed by atoms with Gasteiger partial charge < -0.3 is 9.30 Å². The molecule has 144 valence electrons. The quantitative estimate of drug-likeness (QED) is 0.525. The molecule has 0 fully saturated rings. The molecule has 0 aliphatic rings. The van der Waals surface area contributed by atoms with Crippen molar-refractivity contribution in [1.29, 1.82) is 0 Å². The van der Waals surface area contributed by atoms with Gasteiger partial charge in [0.2, 0.25) is 0 Å². The predicted octanol–water partition coefficient (Wildman–Crippen LogP) is 4.33. The maximum absolute atomic E-state index is 12.7. The van der Waals surface area contributed by atoms with E-state index in [1.54, 1.807) is 6.07 Å². The Balaban J connectivity index is 2.04. The summed E-state index contributed by atoms with van der Waals surface area (Å²) in [6.07, 6.45) is 0. The molecule has 3 rings (SSSR count). The largest absolute Gasteiger partial charge is 0.380 e. The number of halogens is 1. The van der Waals surface area contributed by atoms with Gasteiger partial charge in [0.25, 0.3) is 5.91 Å². The van der Waals surface area contributed by atoms with Crippen molar-refractivity contribution < 1.29 is 9.53 Å². The molecule has 0 saturated heterocycles. The van der Waals surface area contributed by atoms with Gasteiger partial charge in [0.05, 0.1) is 16.8 Å². The van der Waals surface area contributed by atoms with Crippen LogP contribution in [0.3, 0.4) is 0 Å². The van der Waals surface area contributed by atoms with Gasteiger partial charge in [-0.15, -0.1) is 0 Å². The van der Waals surface area contributed by atoms with Crippen LogP contribution < -0.4 is 4.80 Å². The Hall–Kier alpha value is -1.77. The van der Waals surface area contributed by atoms with E-state index < -0.39 is 0 Å². The molecule has 0 saturated carbocycles. The number of ether oxygens (including phenoxy) is 1. The van der Waals surface area contributed by atoms with E-state index in [9.17, 15) is 4.79 Å². The SMILES string of the molecule is CCOCCn1c(=NC(=O)c2cc(C)n(C(C)C)n2)sc2cc(Br)ccc21. The molecule has 0 aliphatic heterocycles. The second-order valence-corrected chi connectivity index (χ2v) is 8.40. The molecule has 27 heavy (non-hydrogen) atoms. The number of rotatable bonds is 6. The monoisotopic (exact) mass is 450 g/mol. The van der Waals surface area contributed by atoms with E-state index in [-0.39, 0.29) is 11.9 Å². The lowest BCUT2D eigenvalue weighted by molar-refractivity contribution is 0.0991. The summed E-state index contributed by atoms with van der Waals surface area (Å²) in [6, 6.07) is 8.05. The topological polar surface area (TPSA) is 61.4 Å². The number of thiazole rings is 1. The van der Waals surface area contributed by atoms with Gasteiger partial charge in [-0.05, 0) is 52.0 Å². The predicted molar refractivity (Wildman–Crippen MR) is 111 cm³/mol. The zero-order valence-electron chi connectivity index (χ0n) is 15.9. The van der Waals surface area contributed by atoms with Crippen molar-refractivity contribution in [3.05, 3.63) is 44.9 Å². The van der Waals surface area contributed by atoms with Crippen LogP contribution in [-0.4, -0.2) is 33.5 Å². The average molecular weight is 451 g/mol. The minimum atomic E-state index is -0.326. The van der Waals surface area contributed by atoms with Crippen molar-refractivity contribution in [1.82, 2.24) is 14.3 Å².